The first-order chi connectivity index (χ1) is 12.8. The highest BCUT2D eigenvalue weighted by Gasteiger charge is 2.16. The van der Waals surface area contributed by atoms with Crippen molar-refractivity contribution >= 4 is 34.9 Å². The molecule has 0 aliphatic heterocycles. The minimum absolute atomic E-state index is 0.0852. The fourth-order valence-corrected chi connectivity index (χ4v) is 2.61. The highest BCUT2D eigenvalue weighted by molar-refractivity contribution is 6.31. The molecule has 0 bridgehead atoms. The predicted octanol–water partition coefficient (Wildman–Crippen LogP) is 3.28. The average Bonchev–Trinajstić information content (AvgIpc) is 2.62. The van der Waals surface area contributed by atoms with Crippen molar-refractivity contribution in [3.05, 3.63) is 52.5 Å². The van der Waals surface area contributed by atoms with Crippen molar-refractivity contribution in [2.24, 2.45) is 0 Å². The summed E-state index contributed by atoms with van der Waals surface area (Å²) in [6, 6.07) is 8.77. The van der Waals surface area contributed by atoms with E-state index in [2.05, 4.69) is 5.32 Å². The third-order valence-corrected chi connectivity index (χ3v) is 3.97. The summed E-state index contributed by atoms with van der Waals surface area (Å²) in [5, 5.41) is 21.5. The van der Waals surface area contributed by atoms with Crippen LogP contribution in [0.2, 0.25) is 5.02 Å². The quantitative estimate of drug-likeness (QED) is 0.470. The molecule has 0 fully saturated rings. The van der Waals surface area contributed by atoms with Gasteiger partial charge in [-0.05, 0) is 35.9 Å². The number of methoxy groups -OCH3 is 1. The summed E-state index contributed by atoms with van der Waals surface area (Å²) in [6.07, 6.45) is -0.453. The smallest absolute Gasteiger partial charge is 0.307 e. The predicted molar refractivity (Wildman–Crippen MR) is 99.6 cm³/mol. The second kappa shape index (κ2) is 9.05. The van der Waals surface area contributed by atoms with Crippen LogP contribution < -0.4 is 10.1 Å². The number of amides is 1. The van der Waals surface area contributed by atoms with E-state index < -0.39 is 11.9 Å². The number of hydrogen-bond donors (Lipinski definition) is 3. The van der Waals surface area contributed by atoms with E-state index in [0.717, 1.165) is 0 Å². The van der Waals surface area contributed by atoms with Gasteiger partial charge in [0.15, 0.2) is 5.78 Å². The Bertz CT molecular complexity index is 880. The SMILES string of the molecule is COc1ccc(Cl)cc1C(=O)CCC(=O)Nc1cc(CC(=O)O)ccc1O. The van der Waals surface area contributed by atoms with Crippen LogP contribution in [0.25, 0.3) is 0 Å². The maximum atomic E-state index is 12.3. The molecule has 3 N–H and O–H groups in total. The fourth-order valence-electron chi connectivity index (χ4n) is 2.44. The Morgan fingerprint density at radius 2 is 1.85 bits per heavy atom. The van der Waals surface area contributed by atoms with Crippen LogP contribution in [0, 0.1) is 0 Å². The van der Waals surface area contributed by atoms with Crippen LogP contribution in [0.15, 0.2) is 36.4 Å². The molecule has 7 nitrogen and oxygen atoms in total. The van der Waals surface area contributed by atoms with Gasteiger partial charge in [0.05, 0.1) is 24.8 Å². The molecule has 2 aromatic rings. The second-order valence-corrected chi connectivity index (χ2v) is 6.17. The molecule has 0 heterocycles. The van der Waals surface area contributed by atoms with Crippen molar-refractivity contribution < 1.29 is 29.3 Å². The molecular weight excluding hydrogens is 374 g/mol. The van der Waals surface area contributed by atoms with Gasteiger partial charge in [-0.3, -0.25) is 14.4 Å². The molecule has 2 rings (SSSR count). The van der Waals surface area contributed by atoms with E-state index in [4.69, 9.17) is 21.4 Å². The Kier molecular flexibility index (Phi) is 6.79. The van der Waals surface area contributed by atoms with Crippen molar-refractivity contribution in [2.75, 3.05) is 12.4 Å². The molecule has 1 amide bonds. The largest absolute Gasteiger partial charge is 0.506 e. The molecule has 0 spiro atoms. The molecule has 0 saturated carbocycles. The Labute approximate surface area is 160 Å². The van der Waals surface area contributed by atoms with Gasteiger partial charge in [0.2, 0.25) is 5.91 Å². The van der Waals surface area contributed by atoms with Crippen LogP contribution in [0.5, 0.6) is 11.5 Å². The number of rotatable bonds is 8. The number of carbonyl (C=O) groups is 3. The molecule has 0 aliphatic carbocycles. The number of hydrogen-bond acceptors (Lipinski definition) is 5. The molecule has 0 aliphatic rings. The van der Waals surface area contributed by atoms with Gasteiger partial charge in [0, 0.05) is 17.9 Å². The number of carboxylic acids is 1. The first-order valence-electron chi connectivity index (χ1n) is 8.00. The van der Waals surface area contributed by atoms with Gasteiger partial charge >= 0.3 is 5.97 Å². The molecular formula is C19H18ClNO6. The van der Waals surface area contributed by atoms with Crippen LogP contribution in [-0.2, 0) is 16.0 Å². The summed E-state index contributed by atoms with van der Waals surface area (Å²) >= 11 is 5.90. The lowest BCUT2D eigenvalue weighted by molar-refractivity contribution is -0.136. The van der Waals surface area contributed by atoms with Gasteiger partial charge in [-0.25, -0.2) is 0 Å². The van der Waals surface area contributed by atoms with Gasteiger partial charge in [-0.1, -0.05) is 17.7 Å². The maximum Gasteiger partial charge on any atom is 0.307 e. The normalized spacial score (nSPS) is 10.3. The van der Waals surface area contributed by atoms with Crippen LogP contribution in [-0.4, -0.2) is 35.0 Å². The molecule has 0 saturated heterocycles. The minimum atomic E-state index is -1.03. The van der Waals surface area contributed by atoms with E-state index in [1.807, 2.05) is 0 Å². The molecule has 0 atom stereocenters. The van der Waals surface area contributed by atoms with Gasteiger partial charge < -0.3 is 20.3 Å². The summed E-state index contributed by atoms with van der Waals surface area (Å²) in [5.41, 5.74) is 0.797. The Morgan fingerprint density at radius 3 is 2.52 bits per heavy atom. The lowest BCUT2D eigenvalue weighted by Gasteiger charge is -2.10. The zero-order valence-corrected chi connectivity index (χ0v) is 15.2. The molecule has 27 heavy (non-hydrogen) atoms. The van der Waals surface area contributed by atoms with Crippen molar-refractivity contribution in [2.45, 2.75) is 19.3 Å². The molecule has 2 aromatic carbocycles. The Morgan fingerprint density at radius 1 is 1.11 bits per heavy atom. The second-order valence-electron chi connectivity index (χ2n) is 5.74. The first kappa shape index (κ1) is 20.3. The standard InChI is InChI=1S/C19H18ClNO6/c1-27-17-6-3-12(20)10-13(17)15(22)5-7-18(24)21-14-8-11(9-19(25)26)2-4-16(14)23/h2-4,6,8,10,23H,5,7,9H2,1H3,(H,21,24)(H,25,26). The summed E-state index contributed by atoms with van der Waals surface area (Å²) in [5.74, 6) is -1.66. The molecule has 142 valence electrons. The number of aliphatic carboxylic acids is 1. The van der Waals surface area contributed by atoms with E-state index >= 15 is 0 Å². The van der Waals surface area contributed by atoms with Crippen molar-refractivity contribution in [3.8, 4) is 11.5 Å². The number of halogens is 1. The van der Waals surface area contributed by atoms with Gasteiger partial charge in [0.25, 0.3) is 0 Å². The number of nitrogens with one attached hydrogen (secondary N) is 1. The summed E-state index contributed by atoms with van der Waals surface area (Å²) in [6.45, 7) is 0. The summed E-state index contributed by atoms with van der Waals surface area (Å²) in [4.78, 5) is 35.2. The van der Waals surface area contributed by atoms with E-state index in [-0.39, 0.29) is 42.0 Å². The molecule has 0 radical (unpaired) electrons. The Balaban J connectivity index is 2.01. The maximum absolute atomic E-state index is 12.3. The third-order valence-electron chi connectivity index (χ3n) is 3.73. The van der Waals surface area contributed by atoms with Crippen LogP contribution in [0.4, 0.5) is 5.69 Å². The van der Waals surface area contributed by atoms with E-state index in [9.17, 15) is 19.5 Å². The minimum Gasteiger partial charge on any atom is -0.506 e. The number of ketones is 1. The monoisotopic (exact) mass is 391 g/mol. The van der Waals surface area contributed by atoms with Crippen LogP contribution in [0.3, 0.4) is 0 Å². The Hall–Kier alpha value is -3.06. The first-order valence-corrected chi connectivity index (χ1v) is 8.38. The number of phenolic OH excluding ortho intramolecular Hbond substituents is 1. The average molecular weight is 392 g/mol. The van der Waals surface area contributed by atoms with Gasteiger partial charge in [-0.15, -0.1) is 0 Å². The third kappa shape index (κ3) is 5.72. The molecule has 8 heteroatoms. The molecule has 0 aromatic heterocycles. The fraction of sp³-hybridized carbons (Fsp3) is 0.211. The van der Waals surface area contributed by atoms with E-state index in [0.29, 0.717) is 16.3 Å². The van der Waals surface area contributed by atoms with E-state index in [1.54, 1.807) is 12.1 Å². The zero-order chi connectivity index (χ0) is 20.0. The van der Waals surface area contributed by atoms with Crippen LogP contribution >= 0.6 is 11.6 Å². The van der Waals surface area contributed by atoms with E-state index in [1.165, 1.54) is 31.4 Å². The number of benzene rings is 2. The summed E-state index contributed by atoms with van der Waals surface area (Å²) < 4.78 is 5.12. The van der Waals surface area contributed by atoms with Gasteiger partial charge in [0.1, 0.15) is 11.5 Å². The highest BCUT2D eigenvalue weighted by Crippen LogP contribution is 2.26. The lowest BCUT2D eigenvalue weighted by atomic mass is 10.1. The number of aromatic hydroxyl groups is 1. The van der Waals surface area contributed by atoms with Crippen molar-refractivity contribution in [1.29, 1.82) is 0 Å². The lowest BCUT2D eigenvalue weighted by Crippen LogP contribution is -2.14. The van der Waals surface area contributed by atoms with Gasteiger partial charge in [-0.2, -0.15) is 0 Å². The number of phenols is 1. The number of carbonyl (C=O) groups excluding carboxylic acids is 2. The number of carboxylic acid groups (broad SMARTS) is 1. The van der Waals surface area contributed by atoms with Crippen molar-refractivity contribution in [1.82, 2.24) is 0 Å². The molecule has 0 unspecified atom stereocenters. The highest BCUT2D eigenvalue weighted by atomic mass is 35.5. The van der Waals surface area contributed by atoms with Crippen LogP contribution in [0.1, 0.15) is 28.8 Å². The topological polar surface area (TPSA) is 113 Å². The zero-order valence-electron chi connectivity index (χ0n) is 14.5. The number of Topliss-reactive ketones (excluding diaryl/α,β-unsaturated/α-hetero) is 1. The number of anilines is 1. The number of ether oxygens (including phenoxy) is 1. The summed E-state index contributed by atoms with van der Waals surface area (Å²) in [7, 11) is 1.43. The van der Waals surface area contributed by atoms with Crippen molar-refractivity contribution in [3.63, 3.8) is 0 Å².